The van der Waals surface area contributed by atoms with Crippen molar-refractivity contribution in [2.24, 2.45) is 11.3 Å². The normalized spacial score (nSPS) is 27.9. The molecule has 2 aliphatic heterocycles. The molecule has 0 aliphatic carbocycles. The lowest BCUT2D eigenvalue weighted by Crippen LogP contribution is -2.43. The summed E-state index contributed by atoms with van der Waals surface area (Å²) in [7, 11) is -3.26. The molecule has 0 spiro atoms. The third-order valence-corrected chi connectivity index (χ3v) is 5.07. The minimum Gasteiger partial charge on any atom is -0.380 e. The zero-order chi connectivity index (χ0) is 15.8. The maximum Gasteiger partial charge on any atom is 0.255 e. The summed E-state index contributed by atoms with van der Waals surface area (Å²) in [5, 5.41) is 0. The van der Waals surface area contributed by atoms with Crippen molar-refractivity contribution in [3.8, 4) is 0 Å². The SMILES string of the molecule is CS(=O)(=O)NC[C@@]12COC[C@@H]1CN(C(=O)c1cccnc1)C2. The molecule has 3 rings (SSSR count). The average molecular weight is 325 g/mol. The van der Waals surface area contributed by atoms with Crippen LogP contribution in [0.15, 0.2) is 24.5 Å². The van der Waals surface area contributed by atoms with E-state index in [0.717, 1.165) is 6.26 Å². The van der Waals surface area contributed by atoms with E-state index in [9.17, 15) is 13.2 Å². The minimum atomic E-state index is -3.26. The maximum atomic E-state index is 12.5. The van der Waals surface area contributed by atoms with Crippen molar-refractivity contribution in [1.29, 1.82) is 0 Å². The lowest BCUT2D eigenvalue weighted by atomic mass is 9.81. The molecule has 0 unspecified atom stereocenters. The van der Waals surface area contributed by atoms with Crippen molar-refractivity contribution in [1.82, 2.24) is 14.6 Å². The van der Waals surface area contributed by atoms with E-state index in [0.29, 0.717) is 38.4 Å². The molecular formula is C14H19N3O4S. The highest BCUT2D eigenvalue weighted by atomic mass is 32.2. The first-order valence-electron chi connectivity index (χ1n) is 7.11. The number of likely N-dealkylation sites (tertiary alicyclic amines) is 1. The molecule has 22 heavy (non-hydrogen) atoms. The second kappa shape index (κ2) is 5.60. The quantitative estimate of drug-likeness (QED) is 0.822. The van der Waals surface area contributed by atoms with Gasteiger partial charge in [0, 0.05) is 43.4 Å². The molecule has 3 heterocycles. The molecule has 2 saturated heterocycles. The van der Waals surface area contributed by atoms with Crippen LogP contribution in [0.2, 0.25) is 0 Å². The van der Waals surface area contributed by atoms with E-state index in [1.54, 1.807) is 29.4 Å². The first-order valence-corrected chi connectivity index (χ1v) is 9.00. The molecule has 0 saturated carbocycles. The van der Waals surface area contributed by atoms with Crippen molar-refractivity contribution < 1.29 is 17.9 Å². The standard InChI is InChI=1S/C14H19N3O4S/c1-22(19,20)16-8-14-9-17(6-12(14)7-21-10-14)13(18)11-3-2-4-15-5-11/h2-5,12,16H,6-10H2,1H3/t12-,14+/m0/s1. The van der Waals surface area contributed by atoms with Gasteiger partial charge in [0.25, 0.3) is 5.91 Å². The number of sulfonamides is 1. The molecule has 2 aliphatic rings. The molecule has 8 heteroatoms. The van der Waals surface area contributed by atoms with Crippen molar-refractivity contribution in [2.45, 2.75) is 0 Å². The van der Waals surface area contributed by atoms with Crippen LogP contribution >= 0.6 is 0 Å². The third-order valence-electron chi connectivity index (χ3n) is 4.40. The Labute approximate surface area is 129 Å². The summed E-state index contributed by atoms with van der Waals surface area (Å²) in [5.41, 5.74) is 0.218. The summed E-state index contributed by atoms with van der Waals surface area (Å²) in [5.74, 6) is 0.0867. The molecule has 2 fully saturated rings. The van der Waals surface area contributed by atoms with Crippen LogP contribution in [0.25, 0.3) is 0 Å². The van der Waals surface area contributed by atoms with E-state index in [2.05, 4.69) is 9.71 Å². The predicted molar refractivity (Wildman–Crippen MR) is 79.7 cm³/mol. The number of pyridine rings is 1. The summed E-state index contributed by atoms with van der Waals surface area (Å²) in [6.45, 7) is 2.40. The van der Waals surface area contributed by atoms with Crippen molar-refractivity contribution in [3.63, 3.8) is 0 Å². The molecule has 2 atom stereocenters. The van der Waals surface area contributed by atoms with Crippen LogP contribution in [-0.4, -0.2) is 63.3 Å². The Morgan fingerprint density at radius 2 is 2.41 bits per heavy atom. The number of carbonyl (C=O) groups is 1. The van der Waals surface area contributed by atoms with E-state index in [1.165, 1.54) is 0 Å². The van der Waals surface area contributed by atoms with Crippen molar-refractivity contribution >= 4 is 15.9 Å². The summed E-state index contributed by atoms with van der Waals surface area (Å²) in [6, 6.07) is 3.47. The molecule has 0 aromatic carbocycles. The summed E-state index contributed by atoms with van der Waals surface area (Å²) >= 11 is 0. The number of aromatic nitrogens is 1. The average Bonchev–Trinajstić information content (AvgIpc) is 3.02. The van der Waals surface area contributed by atoms with Crippen LogP contribution in [0.5, 0.6) is 0 Å². The number of carbonyl (C=O) groups excluding carboxylic acids is 1. The Hall–Kier alpha value is -1.51. The van der Waals surface area contributed by atoms with Gasteiger partial charge < -0.3 is 9.64 Å². The van der Waals surface area contributed by atoms with Crippen LogP contribution in [0, 0.1) is 11.3 Å². The third kappa shape index (κ3) is 2.99. The summed E-state index contributed by atoms with van der Waals surface area (Å²) < 4.78 is 30.8. The second-order valence-corrected chi connectivity index (χ2v) is 7.93. The summed E-state index contributed by atoms with van der Waals surface area (Å²) in [6.07, 6.45) is 4.32. The van der Waals surface area contributed by atoms with Crippen molar-refractivity contribution in [2.75, 3.05) is 39.1 Å². The van der Waals surface area contributed by atoms with Crippen molar-refractivity contribution in [3.05, 3.63) is 30.1 Å². The predicted octanol–water partition coefficient (Wildman–Crippen LogP) is -0.281. The van der Waals surface area contributed by atoms with Gasteiger partial charge in [-0.2, -0.15) is 0 Å². The molecule has 1 N–H and O–H groups in total. The molecule has 1 aromatic rings. The molecular weight excluding hydrogens is 306 g/mol. The molecule has 0 radical (unpaired) electrons. The van der Waals surface area contributed by atoms with Crippen LogP contribution in [0.3, 0.4) is 0 Å². The summed E-state index contributed by atoms with van der Waals surface area (Å²) in [4.78, 5) is 18.3. The number of fused-ring (bicyclic) bond motifs is 1. The van der Waals surface area contributed by atoms with Gasteiger partial charge >= 0.3 is 0 Å². The zero-order valence-corrected chi connectivity index (χ0v) is 13.2. The van der Waals surface area contributed by atoms with Gasteiger partial charge in [0.2, 0.25) is 10.0 Å². The monoisotopic (exact) mass is 325 g/mol. The number of ether oxygens (including phenoxy) is 1. The Morgan fingerprint density at radius 3 is 3.09 bits per heavy atom. The van der Waals surface area contributed by atoms with E-state index in [4.69, 9.17) is 4.74 Å². The van der Waals surface area contributed by atoms with Crippen LogP contribution in [0.1, 0.15) is 10.4 Å². The van der Waals surface area contributed by atoms with Gasteiger partial charge in [-0.1, -0.05) is 0 Å². The first kappa shape index (κ1) is 15.4. The number of rotatable bonds is 4. The van der Waals surface area contributed by atoms with E-state index >= 15 is 0 Å². The van der Waals surface area contributed by atoms with Gasteiger partial charge in [-0.25, -0.2) is 13.1 Å². The number of hydrogen-bond donors (Lipinski definition) is 1. The van der Waals surface area contributed by atoms with Gasteiger partial charge in [0.15, 0.2) is 0 Å². The highest BCUT2D eigenvalue weighted by Gasteiger charge is 2.52. The van der Waals surface area contributed by atoms with Gasteiger partial charge in [-0.3, -0.25) is 9.78 Å². The second-order valence-electron chi connectivity index (χ2n) is 6.10. The molecule has 1 amide bonds. The van der Waals surface area contributed by atoms with E-state index < -0.39 is 10.0 Å². The van der Waals surface area contributed by atoms with Gasteiger partial charge in [0.05, 0.1) is 25.0 Å². The molecule has 120 valence electrons. The number of amides is 1. The zero-order valence-electron chi connectivity index (χ0n) is 12.4. The lowest BCUT2D eigenvalue weighted by Gasteiger charge is -2.27. The first-order chi connectivity index (χ1) is 10.4. The van der Waals surface area contributed by atoms with Gasteiger partial charge in [-0.15, -0.1) is 0 Å². The fourth-order valence-electron chi connectivity index (χ4n) is 3.18. The molecule has 7 nitrogen and oxygen atoms in total. The number of hydrogen-bond acceptors (Lipinski definition) is 5. The Balaban J connectivity index is 1.75. The Morgan fingerprint density at radius 1 is 1.59 bits per heavy atom. The number of nitrogens with zero attached hydrogens (tertiary/aromatic N) is 2. The van der Waals surface area contributed by atoms with Crippen LogP contribution in [-0.2, 0) is 14.8 Å². The van der Waals surface area contributed by atoms with E-state index in [1.807, 2.05) is 0 Å². The minimum absolute atomic E-state index is 0.0683. The maximum absolute atomic E-state index is 12.5. The fourth-order valence-corrected chi connectivity index (χ4v) is 3.73. The van der Waals surface area contributed by atoms with Crippen LogP contribution < -0.4 is 4.72 Å². The highest BCUT2D eigenvalue weighted by molar-refractivity contribution is 7.88. The smallest absolute Gasteiger partial charge is 0.255 e. The number of nitrogens with one attached hydrogen (secondary N) is 1. The topological polar surface area (TPSA) is 88.6 Å². The largest absolute Gasteiger partial charge is 0.380 e. The lowest BCUT2D eigenvalue weighted by molar-refractivity contribution is 0.0721. The molecule has 1 aromatic heterocycles. The van der Waals surface area contributed by atoms with Gasteiger partial charge in [-0.05, 0) is 12.1 Å². The Kier molecular flexibility index (Phi) is 3.92. The molecule has 0 bridgehead atoms. The van der Waals surface area contributed by atoms with Gasteiger partial charge in [0.1, 0.15) is 0 Å². The fraction of sp³-hybridized carbons (Fsp3) is 0.571. The van der Waals surface area contributed by atoms with Crippen LogP contribution in [0.4, 0.5) is 0 Å². The van der Waals surface area contributed by atoms with E-state index in [-0.39, 0.29) is 17.2 Å². The Bertz CT molecular complexity index is 664. The highest BCUT2D eigenvalue weighted by Crippen LogP contribution is 2.41.